The van der Waals surface area contributed by atoms with Crippen LogP contribution in [0.5, 0.6) is 0 Å². The number of hydrogen-bond donors (Lipinski definition) is 1. The van der Waals surface area contributed by atoms with Crippen LogP contribution in [0.1, 0.15) is 34.9 Å². The first-order valence-electron chi connectivity index (χ1n) is 8.35. The highest BCUT2D eigenvalue weighted by Crippen LogP contribution is 2.36. The molecule has 25 heavy (non-hydrogen) atoms. The first kappa shape index (κ1) is 15.8. The zero-order valence-corrected chi connectivity index (χ0v) is 14.1. The van der Waals surface area contributed by atoms with Crippen molar-refractivity contribution < 1.29 is 9.53 Å². The maximum Gasteiger partial charge on any atom is 0.253 e. The number of pyridine rings is 1. The van der Waals surface area contributed by atoms with Gasteiger partial charge in [-0.25, -0.2) is 15.0 Å². The molecule has 1 saturated carbocycles. The lowest BCUT2D eigenvalue weighted by atomic mass is 10.2. The molecule has 0 saturated heterocycles. The van der Waals surface area contributed by atoms with E-state index in [9.17, 15) is 4.79 Å². The van der Waals surface area contributed by atoms with Crippen molar-refractivity contribution in [2.75, 3.05) is 13.7 Å². The molecule has 3 aromatic heterocycles. The van der Waals surface area contributed by atoms with Crippen molar-refractivity contribution in [3.8, 4) is 0 Å². The fourth-order valence-electron chi connectivity index (χ4n) is 2.82. The Balaban J connectivity index is 1.44. The molecule has 1 aliphatic carbocycles. The van der Waals surface area contributed by atoms with Crippen molar-refractivity contribution in [1.82, 2.24) is 29.4 Å². The Labute approximate surface area is 144 Å². The molecular formula is C17H20N6O2. The van der Waals surface area contributed by atoms with Gasteiger partial charge in [-0.3, -0.25) is 4.79 Å². The normalized spacial score (nSPS) is 14.1. The van der Waals surface area contributed by atoms with E-state index in [1.54, 1.807) is 31.9 Å². The van der Waals surface area contributed by atoms with Crippen LogP contribution in [-0.4, -0.2) is 43.7 Å². The van der Waals surface area contributed by atoms with Gasteiger partial charge in [0.05, 0.1) is 37.1 Å². The van der Waals surface area contributed by atoms with Gasteiger partial charge in [-0.15, -0.1) is 0 Å². The number of hydrogen-bond acceptors (Lipinski definition) is 5. The van der Waals surface area contributed by atoms with Gasteiger partial charge < -0.3 is 19.2 Å². The van der Waals surface area contributed by atoms with Gasteiger partial charge in [0.25, 0.3) is 5.91 Å². The number of carbonyl (C=O) groups is 1. The maximum absolute atomic E-state index is 12.4. The van der Waals surface area contributed by atoms with E-state index < -0.39 is 0 Å². The van der Waals surface area contributed by atoms with E-state index in [1.165, 1.54) is 12.8 Å². The number of nitrogens with zero attached hydrogens (tertiary/aromatic N) is 5. The minimum atomic E-state index is -0.171. The molecule has 0 radical (unpaired) electrons. The monoisotopic (exact) mass is 340 g/mol. The summed E-state index contributed by atoms with van der Waals surface area (Å²) in [5.41, 5.74) is 3.04. The number of fused-ring (bicyclic) bond motifs is 1. The number of nitrogens with one attached hydrogen (secondary N) is 1. The first-order valence-corrected chi connectivity index (χ1v) is 8.35. The van der Waals surface area contributed by atoms with E-state index in [0.29, 0.717) is 31.3 Å². The minimum Gasteiger partial charge on any atom is -0.383 e. The Morgan fingerprint density at radius 3 is 3.00 bits per heavy atom. The van der Waals surface area contributed by atoms with Crippen molar-refractivity contribution in [3.63, 3.8) is 0 Å². The molecule has 4 rings (SSSR count). The van der Waals surface area contributed by atoms with Gasteiger partial charge in [0.2, 0.25) is 0 Å². The zero-order chi connectivity index (χ0) is 17.2. The fourth-order valence-corrected chi connectivity index (χ4v) is 2.82. The number of aromatic nitrogens is 5. The predicted octanol–water partition coefficient (Wildman–Crippen LogP) is 1.54. The number of rotatable bonds is 7. The van der Waals surface area contributed by atoms with E-state index >= 15 is 0 Å². The smallest absolute Gasteiger partial charge is 0.253 e. The van der Waals surface area contributed by atoms with E-state index in [1.807, 2.05) is 10.9 Å². The largest absolute Gasteiger partial charge is 0.383 e. The molecule has 1 amide bonds. The molecule has 1 aliphatic rings. The molecule has 3 aromatic rings. The minimum absolute atomic E-state index is 0.171. The van der Waals surface area contributed by atoms with Gasteiger partial charge in [0.1, 0.15) is 5.52 Å². The molecule has 0 aromatic carbocycles. The molecule has 0 aliphatic heterocycles. The second kappa shape index (κ2) is 6.64. The number of carbonyl (C=O) groups excluding carboxylic acids is 1. The van der Waals surface area contributed by atoms with Crippen molar-refractivity contribution in [2.24, 2.45) is 0 Å². The van der Waals surface area contributed by atoms with Crippen molar-refractivity contribution in [3.05, 3.63) is 42.4 Å². The van der Waals surface area contributed by atoms with Gasteiger partial charge >= 0.3 is 0 Å². The Hall–Kier alpha value is -2.74. The van der Waals surface area contributed by atoms with Crippen molar-refractivity contribution in [1.29, 1.82) is 0 Å². The van der Waals surface area contributed by atoms with Crippen LogP contribution < -0.4 is 5.32 Å². The molecule has 0 spiro atoms. The second-order valence-corrected chi connectivity index (χ2v) is 6.20. The first-order chi connectivity index (χ1) is 12.3. The van der Waals surface area contributed by atoms with Crippen LogP contribution in [0.4, 0.5) is 0 Å². The third-order valence-electron chi connectivity index (χ3n) is 4.38. The molecule has 1 N–H and O–H groups in total. The average molecular weight is 340 g/mol. The van der Waals surface area contributed by atoms with Crippen LogP contribution in [0, 0.1) is 0 Å². The molecule has 0 atom stereocenters. The predicted molar refractivity (Wildman–Crippen MR) is 91.1 cm³/mol. The summed E-state index contributed by atoms with van der Waals surface area (Å²) in [6.07, 6.45) is 9.25. The standard InChI is InChI=1S/C17H20N6O2/c1-25-5-4-22-10-18-8-14(22)9-20-17(24)12-6-15-16(19-7-12)23(11-21-15)13-2-3-13/h6-8,10-11,13H,2-5,9H2,1H3,(H,20,24). The van der Waals surface area contributed by atoms with Crippen molar-refractivity contribution >= 4 is 17.1 Å². The van der Waals surface area contributed by atoms with E-state index in [4.69, 9.17) is 4.74 Å². The average Bonchev–Trinajstić information content (AvgIpc) is 3.23. The highest BCUT2D eigenvalue weighted by molar-refractivity contribution is 5.96. The van der Waals surface area contributed by atoms with E-state index in [2.05, 4.69) is 24.8 Å². The summed E-state index contributed by atoms with van der Waals surface area (Å²) in [5.74, 6) is -0.171. The van der Waals surface area contributed by atoms with Crippen LogP contribution in [0.15, 0.2) is 31.1 Å². The highest BCUT2D eigenvalue weighted by Gasteiger charge is 2.25. The number of ether oxygens (including phenoxy) is 1. The summed E-state index contributed by atoms with van der Waals surface area (Å²) in [6.45, 7) is 1.70. The van der Waals surface area contributed by atoms with Gasteiger partial charge in [-0.2, -0.15) is 0 Å². The third-order valence-corrected chi connectivity index (χ3v) is 4.38. The summed E-state index contributed by atoms with van der Waals surface area (Å²) >= 11 is 0. The Morgan fingerprint density at radius 2 is 2.20 bits per heavy atom. The lowest BCUT2D eigenvalue weighted by molar-refractivity contribution is 0.0949. The molecule has 3 heterocycles. The molecule has 0 unspecified atom stereocenters. The Morgan fingerprint density at radius 1 is 1.32 bits per heavy atom. The molecule has 8 heteroatoms. The molecular weight excluding hydrogens is 320 g/mol. The zero-order valence-electron chi connectivity index (χ0n) is 14.1. The van der Waals surface area contributed by atoms with Crippen LogP contribution >= 0.6 is 0 Å². The second-order valence-electron chi connectivity index (χ2n) is 6.20. The van der Waals surface area contributed by atoms with Crippen LogP contribution in [0.2, 0.25) is 0 Å². The Kier molecular flexibility index (Phi) is 4.19. The lowest BCUT2D eigenvalue weighted by Crippen LogP contribution is -2.24. The number of amides is 1. The van der Waals surface area contributed by atoms with Gasteiger partial charge in [-0.1, -0.05) is 0 Å². The SMILES string of the molecule is COCCn1cncc1CNC(=O)c1cnc2c(c1)ncn2C1CC1. The summed E-state index contributed by atoms with van der Waals surface area (Å²) in [6, 6.07) is 2.31. The van der Waals surface area contributed by atoms with Crippen LogP contribution in [-0.2, 0) is 17.8 Å². The summed E-state index contributed by atoms with van der Waals surface area (Å²) in [5, 5.41) is 2.91. The topological polar surface area (TPSA) is 86.9 Å². The van der Waals surface area contributed by atoms with E-state index in [0.717, 1.165) is 16.9 Å². The third kappa shape index (κ3) is 3.25. The lowest BCUT2D eigenvalue weighted by Gasteiger charge is -2.09. The molecule has 130 valence electrons. The van der Waals surface area contributed by atoms with Crippen LogP contribution in [0.25, 0.3) is 11.2 Å². The fraction of sp³-hybridized carbons (Fsp3) is 0.412. The maximum atomic E-state index is 12.4. The van der Waals surface area contributed by atoms with Gasteiger partial charge in [0, 0.05) is 32.1 Å². The number of imidazole rings is 2. The van der Waals surface area contributed by atoms with E-state index in [-0.39, 0.29) is 5.91 Å². The summed E-state index contributed by atoms with van der Waals surface area (Å²) in [4.78, 5) is 25.4. The number of methoxy groups -OCH3 is 1. The van der Waals surface area contributed by atoms with Gasteiger partial charge in [0.15, 0.2) is 5.65 Å². The van der Waals surface area contributed by atoms with Crippen molar-refractivity contribution in [2.45, 2.75) is 32.0 Å². The summed E-state index contributed by atoms with van der Waals surface area (Å²) in [7, 11) is 1.66. The molecule has 1 fully saturated rings. The Bertz CT molecular complexity index is 896. The molecule has 8 nitrogen and oxygen atoms in total. The van der Waals surface area contributed by atoms with Gasteiger partial charge in [-0.05, 0) is 18.9 Å². The molecule has 0 bridgehead atoms. The summed E-state index contributed by atoms with van der Waals surface area (Å²) < 4.78 is 9.13. The van der Waals surface area contributed by atoms with Crippen LogP contribution in [0.3, 0.4) is 0 Å². The quantitative estimate of drug-likeness (QED) is 0.705. The highest BCUT2D eigenvalue weighted by atomic mass is 16.5.